The molecule has 7 nitrogen and oxygen atoms in total. The van der Waals surface area contributed by atoms with Gasteiger partial charge in [-0.25, -0.2) is 0 Å². The van der Waals surface area contributed by atoms with Gasteiger partial charge in [0.05, 0.1) is 31.0 Å². The maximum atomic E-state index is 10.7. The summed E-state index contributed by atoms with van der Waals surface area (Å²) in [5, 5.41) is 34.8. The van der Waals surface area contributed by atoms with Crippen molar-refractivity contribution in [2.45, 2.75) is 141 Å². The van der Waals surface area contributed by atoms with E-state index in [9.17, 15) is 15.3 Å². The molecule has 3 heterocycles. The Bertz CT molecular complexity index is 969. The smallest absolute Gasteiger partial charge is 0.186 e. The topological polar surface area (TPSA) is 100 Å². The maximum Gasteiger partial charge on any atom is 0.186 e. The summed E-state index contributed by atoms with van der Waals surface area (Å²) in [5.41, 5.74) is 0.637. The van der Waals surface area contributed by atoms with E-state index < -0.39 is 24.6 Å². The first kappa shape index (κ1) is 29.4. The number of piperidine rings is 1. The van der Waals surface area contributed by atoms with Crippen LogP contribution in [0.3, 0.4) is 0 Å². The number of rotatable bonds is 3. The minimum absolute atomic E-state index is 0.0278. The third kappa shape index (κ3) is 4.37. The normalized spacial score (nSPS) is 60.3. The standard InChI is InChI=1S/C34H57NO6/c1-18-8-13-34(35-16-18)20(3)28-26(41-34)15-25-23-7-6-21-14-22(9-11-32(21,4)24(23)10-12-33(25,28)5)39-31-30(38)29(37)19(2)27(17-36)40-31/h18-31,35-38H,6-17H2,1-5H3/t18-,19-,20-,21-,22-,23+,24-,25-,26-,27+,28-,29-,30+,31+,32-,33-,34-/m0/s1. The molecule has 41 heavy (non-hydrogen) atoms. The van der Waals surface area contributed by atoms with Crippen molar-refractivity contribution >= 4 is 0 Å². The monoisotopic (exact) mass is 575 g/mol. The highest BCUT2D eigenvalue weighted by molar-refractivity contribution is 5.16. The van der Waals surface area contributed by atoms with Crippen molar-refractivity contribution in [1.29, 1.82) is 0 Å². The summed E-state index contributed by atoms with van der Waals surface area (Å²) in [4.78, 5) is 0. The molecular weight excluding hydrogens is 518 g/mol. The lowest BCUT2D eigenvalue weighted by molar-refractivity contribution is -0.305. The van der Waals surface area contributed by atoms with Gasteiger partial charge >= 0.3 is 0 Å². The quantitative estimate of drug-likeness (QED) is 0.369. The van der Waals surface area contributed by atoms with Crippen LogP contribution >= 0.6 is 0 Å². The molecule has 0 aromatic rings. The Morgan fingerprint density at radius 2 is 1.66 bits per heavy atom. The number of aliphatic hydroxyl groups excluding tert-OH is 3. The highest BCUT2D eigenvalue weighted by Gasteiger charge is 2.68. The van der Waals surface area contributed by atoms with Crippen molar-refractivity contribution in [2.75, 3.05) is 13.2 Å². The lowest BCUT2D eigenvalue weighted by atomic mass is 9.44. The zero-order valence-electron chi connectivity index (χ0n) is 26.1. The van der Waals surface area contributed by atoms with Crippen LogP contribution in [0.15, 0.2) is 0 Å². The van der Waals surface area contributed by atoms with Crippen LogP contribution in [0, 0.1) is 58.2 Å². The number of hydrogen-bond acceptors (Lipinski definition) is 7. The molecule has 4 saturated carbocycles. The van der Waals surface area contributed by atoms with Crippen LogP contribution in [0.5, 0.6) is 0 Å². The summed E-state index contributed by atoms with van der Waals surface area (Å²) in [6.07, 6.45) is 9.11. The van der Waals surface area contributed by atoms with Gasteiger partial charge in [0.2, 0.25) is 0 Å². The molecule has 4 aliphatic carbocycles. The molecule has 1 spiro atoms. The van der Waals surface area contributed by atoms with E-state index in [1.807, 2.05) is 0 Å². The van der Waals surface area contributed by atoms with Gasteiger partial charge in [0.1, 0.15) is 11.8 Å². The van der Waals surface area contributed by atoms with E-state index in [4.69, 9.17) is 14.2 Å². The molecule has 0 unspecified atom stereocenters. The molecule has 7 fully saturated rings. The van der Waals surface area contributed by atoms with Crippen molar-refractivity contribution in [3.63, 3.8) is 0 Å². The molecule has 7 rings (SSSR count). The molecule has 7 aliphatic rings. The van der Waals surface area contributed by atoms with Crippen molar-refractivity contribution < 1.29 is 29.5 Å². The van der Waals surface area contributed by atoms with Crippen molar-refractivity contribution in [1.82, 2.24) is 5.32 Å². The first-order chi connectivity index (χ1) is 19.5. The van der Waals surface area contributed by atoms with Gasteiger partial charge in [-0.05, 0) is 111 Å². The summed E-state index contributed by atoms with van der Waals surface area (Å²) in [7, 11) is 0. The van der Waals surface area contributed by atoms with E-state index >= 15 is 0 Å². The highest BCUT2D eigenvalue weighted by Crippen LogP contribution is 2.71. The van der Waals surface area contributed by atoms with E-state index in [1.165, 1.54) is 44.9 Å². The van der Waals surface area contributed by atoms with Crippen LogP contribution in [0.1, 0.15) is 98.8 Å². The van der Waals surface area contributed by atoms with Gasteiger partial charge in [0.25, 0.3) is 0 Å². The van der Waals surface area contributed by atoms with Crippen molar-refractivity contribution in [3.8, 4) is 0 Å². The minimum atomic E-state index is -1.08. The zero-order valence-corrected chi connectivity index (χ0v) is 26.1. The van der Waals surface area contributed by atoms with Gasteiger partial charge in [-0.1, -0.05) is 34.6 Å². The molecule has 0 aromatic heterocycles. The Hall–Kier alpha value is -0.280. The number of ether oxygens (including phenoxy) is 3. The van der Waals surface area contributed by atoms with Gasteiger partial charge in [-0.15, -0.1) is 0 Å². The molecule has 234 valence electrons. The SMILES string of the molecule is C[C@H]1CC[C@]2(NC1)O[C@H]1C[C@H]3[C@@H]4CC[C@H]5C[C@@H](O[C@@H]6O[C@H](CO)[C@H](C)[C@H](O)[C@H]6O)CC[C@]5(C)[C@H]4CC[C@]3(C)[C@H]1[C@@H]2C. The number of aliphatic hydroxyl groups is 3. The van der Waals surface area contributed by atoms with Crippen LogP contribution in [0.25, 0.3) is 0 Å². The molecule has 3 aliphatic heterocycles. The average molecular weight is 576 g/mol. The second kappa shape index (κ2) is 10.4. The van der Waals surface area contributed by atoms with Gasteiger partial charge < -0.3 is 29.5 Å². The van der Waals surface area contributed by atoms with Gasteiger partial charge in [0, 0.05) is 18.4 Å². The van der Waals surface area contributed by atoms with E-state index in [-0.39, 0.29) is 24.4 Å². The first-order valence-electron chi connectivity index (χ1n) is 17.2. The van der Waals surface area contributed by atoms with Crippen molar-refractivity contribution in [3.05, 3.63) is 0 Å². The van der Waals surface area contributed by atoms with Crippen molar-refractivity contribution in [2.24, 2.45) is 58.2 Å². The molecule has 0 aromatic carbocycles. The van der Waals surface area contributed by atoms with E-state index in [2.05, 4.69) is 33.0 Å². The summed E-state index contributed by atoms with van der Waals surface area (Å²) in [6, 6.07) is 0. The molecule has 7 heteroatoms. The zero-order chi connectivity index (χ0) is 28.9. The lowest BCUT2D eigenvalue weighted by Gasteiger charge is -2.61. The van der Waals surface area contributed by atoms with Crippen LogP contribution in [0.4, 0.5) is 0 Å². The Labute approximate surface area is 247 Å². The first-order valence-corrected chi connectivity index (χ1v) is 17.2. The predicted molar refractivity (Wildman–Crippen MR) is 156 cm³/mol. The number of nitrogens with one attached hydrogen (secondary N) is 1. The minimum Gasteiger partial charge on any atom is -0.394 e. The molecule has 0 bridgehead atoms. The maximum absolute atomic E-state index is 10.7. The van der Waals surface area contributed by atoms with Crippen LogP contribution < -0.4 is 5.32 Å². The van der Waals surface area contributed by atoms with Gasteiger partial charge in [0.15, 0.2) is 6.29 Å². The number of fused-ring (bicyclic) bond motifs is 7. The summed E-state index contributed by atoms with van der Waals surface area (Å²) < 4.78 is 19.4. The Balaban J connectivity index is 1.03. The molecular formula is C34H57NO6. The highest BCUT2D eigenvalue weighted by atomic mass is 16.7. The van der Waals surface area contributed by atoms with E-state index in [1.54, 1.807) is 6.92 Å². The van der Waals surface area contributed by atoms with E-state index in [0.717, 1.165) is 49.5 Å². The third-order valence-electron chi connectivity index (χ3n) is 14.7. The molecule has 0 radical (unpaired) electrons. The Morgan fingerprint density at radius 3 is 2.39 bits per heavy atom. The fourth-order valence-electron chi connectivity index (χ4n) is 12.1. The van der Waals surface area contributed by atoms with Crippen LogP contribution in [-0.2, 0) is 14.2 Å². The second-order valence-electron chi connectivity index (χ2n) is 16.4. The summed E-state index contributed by atoms with van der Waals surface area (Å²) >= 11 is 0. The Morgan fingerprint density at radius 1 is 0.878 bits per heavy atom. The average Bonchev–Trinajstić information content (AvgIpc) is 3.40. The van der Waals surface area contributed by atoms with E-state index in [0.29, 0.717) is 34.7 Å². The molecule has 0 amide bonds. The van der Waals surface area contributed by atoms with Gasteiger partial charge in [-0.2, -0.15) is 0 Å². The lowest BCUT2D eigenvalue weighted by Crippen LogP contribution is -2.58. The third-order valence-corrected chi connectivity index (χ3v) is 14.7. The van der Waals surface area contributed by atoms with Gasteiger partial charge in [-0.3, -0.25) is 5.32 Å². The number of hydrogen-bond donors (Lipinski definition) is 4. The van der Waals surface area contributed by atoms with Crippen LogP contribution in [-0.4, -0.2) is 71.0 Å². The molecule has 4 N–H and O–H groups in total. The largest absolute Gasteiger partial charge is 0.394 e. The van der Waals surface area contributed by atoms with Crippen LogP contribution in [0.2, 0.25) is 0 Å². The molecule has 17 atom stereocenters. The fraction of sp³-hybridized carbons (Fsp3) is 1.00. The molecule has 3 saturated heterocycles. The fourth-order valence-corrected chi connectivity index (χ4v) is 12.1. The second-order valence-corrected chi connectivity index (χ2v) is 16.4. The summed E-state index contributed by atoms with van der Waals surface area (Å²) in [5.74, 6) is 4.65. The predicted octanol–water partition coefficient (Wildman–Crippen LogP) is 4.47. The Kier molecular flexibility index (Phi) is 7.46. The summed E-state index contributed by atoms with van der Waals surface area (Å²) in [6.45, 7) is 12.8.